The highest BCUT2D eigenvalue weighted by Crippen LogP contribution is 2.27. The SMILES string of the molecule is CC(O)Cn1nc(C(=O)NC2C[C@@H]3CN(C)C[C@H](C2)N3C)c2ccccc21. The highest BCUT2D eigenvalue weighted by Gasteiger charge is 2.38. The summed E-state index contributed by atoms with van der Waals surface area (Å²) in [6.45, 7) is 4.19. The predicted molar refractivity (Wildman–Crippen MR) is 105 cm³/mol. The molecule has 2 aliphatic rings. The van der Waals surface area contributed by atoms with Gasteiger partial charge >= 0.3 is 0 Å². The molecule has 4 rings (SSSR count). The van der Waals surface area contributed by atoms with Crippen molar-refractivity contribution in [3.05, 3.63) is 30.0 Å². The Labute approximate surface area is 159 Å². The molecule has 2 fully saturated rings. The van der Waals surface area contributed by atoms with Gasteiger partial charge in [0.1, 0.15) is 0 Å². The van der Waals surface area contributed by atoms with Gasteiger partial charge < -0.3 is 15.3 Å². The van der Waals surface area contributed by atoms with E-state index in [0.717, 1.165) is 36.8 Å². The van der Waals surface area contributed by atoms with Crippen LogP contribution in [0, 0.1) is 0 Å². The molecule has 0 aliphatic carbocycles. The van der Waals surface area contributed by atoms with Gasteiger partial charge in [0.2, 0.25) is 0 Å². The van der Waals surface area contributed by atoms with Crippen molar-refractivity contribution >= 4 is 16.8 Å². The van der Waals surface area contributed by atoms with Crippen LogP contribution >= 0.6 is 0 Å². The first kappa shape index (κ1) is 18.4. The predicted octanol–water partition coefficient (Wildman–Crippen LogP) is 0.924. The largest absolute Gasteiger partial charge is 0.391 e. The maximum Gasteiger partial charge on any atom is 0.272 e. The van der Waals surface area contributed by atoms with Crippen LogP contribution in [0.25, 0.3) is 10.9 Å². The van der Waals surface area contributed by atoms with Gasteiger partial charge in [0.25, 0.3) is 5.91 Å². The van der Waals surface area contributed by atoms with Gasteiger partial charge in [-0.15, -0.1) is 0 Å². The van der Waals surface area contributed by atoms with Crippen LogP contribution in [0.1, 0.15) is 30.3 Å². The molecule has 2 aliphatic heterocycles. The monoisotopic (exact) mass is 371 g/mol. The number of likely N-dealkylation sites (tertiary alicyclic amines) is 1. The quantitative estimate of drug-likeness (QED) is 0.836. The Morgan fingerprint density at radius 1 is 1.26 bits per heavy atom. The van der Waals surface area contributed by atoms with Crippen molar-refractivity contribution in [1.82, 2.24) is 24.9 Å². The molecule has 3 heterocycles. The van der Waals surface area contributed by atoms with Gasteiger partial charge in [-0.3, -0.25) is 14.4 Å². The normalized spacial score (nSPS) is 27.6. The van der Waals surface area contributed by atoms with Crippen molar-refractivity contribution in [3.8, 4) is 0 Å². The highest BCUT2D eigenvalue weighted by molar-refractivity contribution is 6.05. The Kier molecular flexibility index (Phi) is 4.92. The maximum absolute atomic E-state index is 13.0. The lowest BCUT2D eigenvalue weighted by Crippen LogP contribution is -2.63. The second-order valence-electron chi connectivity index (χ2n) is 8.23. The number of carbonyl (C=O) groups excluding carboxylic acids is 1. The van der Waals surface area contributed by atoms with Crippen LogP contribution in [-0.4, -0.2) is 82.0 Å². The van der Waals surface area contributed by atoms with E-state index in [2.05, 4.69) is 34.3 Å². The van der Waals surface area contributed by atoms with E-state index in [4.69, 9.17) is 0 Å². The average Bonchev–Trinajstić information content (AvgIpc) is 2.95. The highest BCUT2D eigenvalue weighted by atomic mass is 16.3. The number of piperazine rings is 1. The van der Waals surface area contributed by atoms with Crippen LogP contribution in [0.15, 0.2) is 24.3 Å². The molecule has 0 saturated carbocycles. The third-order valence-corrected chi connectivity index (χ3v) is 5.96. The third-order valence-electron chi connectivity index (χ3n) is 5.96. The molecule has 2 aromatic rings. The minimum atomic E-state index is -0.519. The molecule has 2 saturated heterocycles. The number of hydrogen-bond donors (Lipinski definition) is 2. The van der Waals surface area contributed by atoms with Crippen LogP contribution in [0.4, 0.5) is 0 Å². The number of benzene rings is 1. The summed E-state index contributed by atoms with van der Waals surface area (Å²) in [5.41, 5.74) is 1.33. The van der Waals surface area contributed by atoms with Crippen molar-refractivity contribution in [1.29, 1.82) is 0 Å². The summed E-state index contributed by atoms with van der Waals surface area (Å²) < 4.78 is 1.73. The number of nitrogens with zero attached hydrogens (tertiary/aromatic N) is 4. The maximum atomic E-state index is 13.0. The first-order chi connectivity index (χ1) is 12.9. The molecule has 2 unspecified atom stereocenters. The van der Waals surface area contributed by atoms with E-state index in [9.17, 15) is 9.90 Å². The van der Waals surface area contributed by atoms with Crippen LogP contribution < -0.4 is 5.32 Å². The molecule has 146 valence electrons. The van der Waals surface area contributed by atoms with Crippen molar-refractivity contribution < 1.29 is 9.90 Å². The standard InChI is InChI=1S/C20H29N5O2/c1-13(26)10-25-18-7-5-4-6-17(18)19(22-25)20(27)21-14-8-15-11-23(2)12-16(9-14)24(15)3/h4-7,13-16,26H,8-12H2,1-3H3,(H,21,27)/t13?,14?,15-,16+. The molecule has 27 heavy (non-hydrogen) atoms. The van der Waals surface area contributed by atoms with E-state index in [1.54, 1.807) is 11.6 Å². The Balaban J connectivity index is 1.54. The average molecular weight is 371 g/mol. The molecule has 2 bridgehead atoms. The number of aliphatic hydroxyl groups is 1. The van der Waals surface area contributed by atoms with Gasteiger partial charge in [0.05, 0.1) is 18.2 Å². The molecule has 1 aromatic heterocycles. The molecule has 7 heteroatoms. The zero-order valence-corrected chi connectivity index (χ0v) is 16.3. The van der Waals surface area contributed by atoms with Crippen molar-refractivity contribution in [2.24, 2.45) is 0 Å². The molecule has 1 aromatic carbocycles. The first-order valence-corrected chi connectivity index (χ1v) is 9.77. The second-order valence-corrected chi connectivity index (χ2v) is 8.23. The molecular weight excluding hydrogens is 342 g/mol. The third kappa shape index (κ3) is 3.59. The fourth-order valence-electron chi connectivity index (χ4n) is 4.64. The van der Waals surface area contributed by atoms with Crippen LogP contribution in [-0.2, 0) is 6.54 Å². The molecule has 2 N–H and O–H groups in total. The number of fused-ring (bicyclic) bond motifs is 3. The van der Waals surface area contributed by atoms with Gasteiger partial charge in [-0.05, 0) is 39.9 Å². The lowest BCUT2D eigenvalue weighted by molar-refractivity contribution is 0.00837. The summed E-state index contributed by atoms with van der Waals surface area (Å²) in [6.07, 6.45) is 1.42. The van der Waals surface area contributed by atoms with Gasteiger partial charge in [0, 0.05) is 36.6 Å². The topological polar surface area (TPSA) is 73.6 Å². The Morgan fingerprint density at radius 3 is 2.59 bits per heavy atom. The number of carbonyl (C=O) groups is 1. The summed E-state index contributed by atoms with van der Waals surface area (Å²) in [7, 11) is 4.37. The summed E-state index contributed by atoms with van der Waals surface area (Å²) in [6, 6.07) is 8.86. The van der Waals surface area contributed by atoms with E-state index in [1.165, 1.54) is 0 Å². The zero-order chi connectivity index (χ0) is 19.1. The second kappa shape index (κ2) is 7.22. The molecule has 7 nitrogen and oxygen atoms in total. The number of hydrogen-bond acceptors (Lipinski definition) is 5. The van der Waals surface area contributed by atoms with Gasteiger partial charge in [-0.25, -0.2) is 0 Å². The first-order valence-electron chi connectivity index (χ1n) is 9.77. The smallest absolute Gasteiger partial charge is 0.272 e. The van der Waals surface area contributed by atoms with E-state index in [0.29, 0.717) is 24.3 Å². The fraction of sp³-hybridized carbons (Fsp3) is 0.600. The van der Waals surface area contributed by atoms with Crippen molar-refractivity contribution in [2.45, 2.75) is 50.5 Å². The summed E-state index contributed by atoms with van der Waals surface area (Å²) in [5.74, 6) is -0.114. The van der Waals surface area contributed by atoms with Crippen molar-refractivity contribution in [2.75, 3.05) is 27.2 Å². The molecular formula is C20H29N5O2. The number of rotatable bonds is 4. The van der Waals surface area contributed by atoms with Gasteiger partial charge in [-0.1, -0.05) is 18.2 Å². The lowest BCUT2D eigenvalue weighted by atomic mass is 9.88. The minimum Gasteiger partial charge on any atom is -0.391 e. The Morgan fingerprint density at radius 2 is 1.93 bits per heavy atom. The van der Waals surface area contributed by atoms with E-state index in [1.807, 2.05) is 24.3 Å². The number of likely N-dealkylation sites (N-methyl/N-ethyl adjacent to an activating group) is 2. The number of nitrogens with one attached hydrogen (secondary N) is 1. The van der Waals surface area contributed by atoms with E-state index in [-0.39, 0.29) is 11.9 Å². The minimum absolute atomic E-state index is 0.114. The van der Waals surface area contributed by atoms with Crippen molar-refractivity contribution in [3.63, 3.8) is 0 Å². The van der Waals surface area contributed by atoms with E-state index < -0.39 is 6.10 Å². The number of para-hydroxylation sites is 1. The number of amides is 1. The molecule has 4 atom stereocenters. The van der Waals surface area contributed by atoms with Crippen LogP contribution in [0.2, 0.25) is 0 Å². The lowest BCUT2D eigenvalue weighted by Gasteiger charge is -2.50. The van der Waals surface area contributed by atoms with E-state index >= 15 is 0 Å². The summed E-state index contributed by atoms with van der Waals surface area (Å²) in [5, 5.41) is 18.3. The number of piperidine rings is 1. The zero-order valence-electron chi connectivity index (χ0n) is 16.3. The van der Waals surface area contributed by atoms with Crippen LogP contribution in [0.5, 0.6) is 0 Å². The Bertz CT molecular complexity index is 817. The summed E-state index contributed by atoms with van der Waals surface area (Å²) >= 11 is 0. The number of aliphatic hydroxyl groups excluding tert-OH is 1. The van der Waals surface area contributed by atoms with Gasteiger partial charge in [0.15, 0.2) is 5.69 Å². The summed E-state index contributed by atoms with van der Waals surface area (Å²) in [4.78, 5) is 17.9. The molecule has 0 spiro atoms. The fourth-order valence-corrected chi connectivity index (χ4v) is 4.64. The number of aromatic nitrogens is 2. The Hall–Kier alpha value is -1.96. The molecule has 0 radical (unpaired) electrons. The molecule has 1 amide bonds. The van der Waals surface area contributed by atoms with Crippen LogP contribution in [0.3, 0.4) is 0 Å². The van der Waals surface area contributed by atoms with Gasteiger partial charge in [-0.2, -0.15) is 5.10 Å².